The van der Waals surface area contributed by atoms with Gasteiger partial charge in [0, 0.05) is 13.1 Å². The quantitative estimate of drug-likeness (QED) is 0.904. The molecule has 0 spiro atoms. The number of hydrogen-bond donors (Lipinski definition) is 1. The van der Waals surface area contributed by atoms with Crippen molar-refractivity contribution in [2.24, 2.45) is 5.92 Å². The van der Waals surface area contributed by atoms with Gasteiger partial charge in [0.15, 0.2) is 11.5 Å². The van der Waals surface area contributed by atoms with E-state index in [-0.39, 0.29) is 5.92 Å². The molecule has 1 saturated heterocycles. The monoisotopic (exact) mass is 299 g/mol. The van der Waals surface area contributed by atoms with Gasteiger partial charge in [-0.3, -0.25) is 9.69 Å². The van der Waals surface area contributed by atoms with Gasteiger partial charge in [0.25, 0.3) is 0 Å². The maximum Gasteiger partial charge on any atom is 0.307 e. The fraction of sp³-hybridized carbons (Fsp3) is 0.500. The van der Waals surface area contributed by atoms with Crippen molar-refractivity contribution in [3.05, 3.63) is 22.7 Å². The highest BCUT2D eigenvalue weighted by Crippen LogP contribution is 2.38. The summed E-state index contributed by atoms with van der Waals surface area (Å²) in [7, 11) is 3.11. The third-order valence-corrected chi connectivity index (χ3v) is 3.99. The van der Waals surface area contributed by atoms with Crippen molar-refractivity contribution in [1.29, 1.82) is 0 Å². The van der Waals surface area contributed by atoms with Crippen molar-refractivity contribution in [2.45, 2.75) is 13.0 Å². The molecule has 1 unspecified atom stereocenters. The van der Waals surface area contributed by atoms with Gasteiger partial charge in [-0.2, -0.15) is 0 Å². The molecule has 5 nitrogen and oxygen atoms in total. The van der Waals surface area contributed by atoms with Crippen LogP contribution in [-0.4, -0.2) is 43.3 Å². The van der Waals surface area contributed by atoms with E-state index in [0.717, 1.165) is 12.1 Å². The second kappa shape index (κ2) is 6.33. The van der Waals surface area contributed by atoms with E-state index < -0.39 is 5.97 Å². The van der Waals surface area contributed by atoms with E-state index in [9.17, 15) is 4.79 Å². The Balaban J connectivity index is 2.13. The van der Waals surface area contributed by atoms with Crippen LogP contribution in [0.3, 0.4) is 0 Å². The molecule has 0 saturated carbocycles. The van der Waals surface area contributed by atoms with Crippen LogP contribution in [0.2, 0.25) is 5.02 Å². The summed E-state index contributed by atoms with van der Waals surface area (Å²) in [6.45, 7) is 1.94. The van der Waals surface area contributed by atoms with Gasteiger partial charge < -0.3 is 14.6 Å². The largest absolute Gasteiger partial charge is 0.493 e. The van der Waals surface area contributed by atoms with Gasteiger partial charge in [-0.15, -0.1) is 0 Å². The van der Waals surface area contributed by atoms with E-state index in [1.807, 2.05) is 12.1 Å². The zero-order valence-corrected chi connectivity index (χ0v) is 12.3. The maximum absolute atomic E-state index is 11.0. The molecular weight excluding hydrogens is 282 g/mol. The minimum Gasteiger partial charge on any atom is -0.493 e. The second-order valence-corrected chi connectivity index (χ2v) is 5.21. The fourth-order valence-corrected chi connectivity index (χ4v) is 2.76. The van der Waals surface area contributed by atoms with E-state index in [1.54, 1.807) is 14.2 Å². The molecule has 20 heavy (non-hydrogen) atoms. The Morgan fingerprint density at radius 3 is 2.75 bits per heavy atom. The molecule has 0 bridgehead atoms. The third kappa shape index (κ3) is 2.99. The zero-order chi connectivity index (χ0) is 14.7. The molecule has 0 amide bonds. The summed E-state index contributed by atoms with van der Waals surface area (Å²) >= 11 is 6.32. The van der Waals surface area contributed by atoms with E-state index in [2.05, 4.69) is 4.90 Å². The highest BCUT2D eigenvalue weighted by atomic mass is 35.5. The van der Waals surface area contributed by atoms with E-state index in [1.165, 1.54) is 0 Å². The molecule has 1 aliphatic heterocycles. The number of rotatable bonds is 5. The van der Waals surface area contributed by atoms with Gasteiger partial charge in [0.1, 0.15) is 0 Å². The predicted octanol–water partition coefficient (Wildman–Crippen LogP) is 2.26. The Morgan fingerprint density at radius 1 is 1.45 bits per heavy atom. The van der Waals surface area contributed by atoms with Crippen LogP contribution < -0.4 is 9.47 Å². The maximum atomic E-state index is 11.0. The number of aliphatic carboxylic acids is 1. The van der Waals surface area contributed by atoms with Crippen LogP contribution in [0.5, 0.6) is 11.5 Å². The molecule has 6 heteroatoms. The molecule has 0 aliphatic carbocycles. The molecule has 1 aromatic carbocycles. The van der Waals surface area contributed by atoms with E-state index >= 15 is 0 Å². The van der Waals surface area contributed by atoms with Gasteiger partial charge in [-0.1, -0.05) is 17.7 Å². The number of nitrogens with zero attached hydrogens (tertiary/aromatic N) is 1. The fourth-order valence-electron chi connectivity index (χ4n) is 2.47. The first-order valence-corrected chi connectivity index (χ1v) is 6.79. The first kappa shape index (κ1) is 14.9. The molecule has 0 aromatic heterocycles. The lowest BCUT2D eigenvalue weighted by molar-refractivity contribution is -0.141. The highest BCUT2D eigenvalue weighted by molar-refractivity contribution is 6.33. The predicted molar refractivity (Wildman–Crippen MR) is 75.6 cm³/mol. The minimum atomic E-state index is -0.731. The standard InChI is InChI=1S/C14H18ClNO4/c1-19-11-4-3-9(12(15)13(11)20-2)7-16-6-5-10(8-16)14(17)18/h3-4,10H,5-8H2,1-2H3,(H,17,18). The Labute approximate surface area is 123 Å². The van der Waals surface area contributed by atoms with Crippen molar-refractivity contribution in [3.63, 3.8) is 0 Å². The first-order valence-electron chi connectivity index (χ1n) is 6.41. The average molecular weight is 300 g/mol. The molecule has 110 valence electrons. The molecule has 1 fully saturated rings. The summed E-state index contributed by atoms with van der Waals surface area (Å²) in [6, 6.07) is 3.70. The van der Waals surface area contributed by atoms with Crippen LogP contribution in [-0.2, 0) is 11.3 Å². The molecule has 1 atom stereocenters. The van der Waals surface area contributed by atoms with Crippen LogP contribution >= 0.6 is 11.6 Å². The van der Waals surface area contributed by atoms with Crippen LogP contribution in [0.25, 0.3) is 0 Å². The lowest BCUT2D eigenvalue weighted by atomic mass is 10.1. The van der Waals surface area contributed by atoms with E-state index in [0.29, 0.717) is 36.0 Å². The number of carboxylic acids is 1. The van der Waals surface area contributed by atoms with Crippen LogP contribution in [0, 0.1) is 5.92 Å². The molecule has 1 heterocycles. The number of ether oxygens (including phenoxy) is 2. The van der Waals surface area contributed by atoms with Crippen LogP contribution in [0.15, 0.2) is 12.1 Å². The van der Waals surface area contributed by atoms with Crippen molar-refractivity contribution < 1.29 is 19.4 Å². The minimum absolute atomic E-state index is 0.283. The number of carbonyl (C=O) groups is 1. The van der Waals surface area contributed by atoms with E-state index in [4.69, 9.17) is 26.2 Å². The number of carboxylic acid groups (broad SMARTS) is 1. The summed E-state index contributed by atoms with van der Waals surface area (Å²) in [6.07, 6.45) is 0.681. The van der Waals surface area contributed by atoms with Gasteiger partial charge >= 0.3 is 5.97 Å². The Morgan fingerprint density at radius 2 is 2.20 bits per heavy atom. The van der Waals surface area contributed by atoms with Gasteiger partial charge in [-0.25, -0.2) is 0 Å². The number of hydrogen-bond acceptors (Lipinski definition) is 4. The molecule has 2 rings (SSSR count). The molecule has 1 aliphatic rings. The normalized spacial score (nSPS) is 19.1. The SMILES string of the molecule is COc1ccc(CN2CCC(C(=O)O)C2)c(Cl)c1OC. The van der Waals surface area contributed by atoms with Gasteiger partial charge in [0.05, 0.1) is 25.2 Å². The summed E-state index contributed by atoms with van der Waals surface area (Å²) in [5.74, 6) is 0.0894. The third-order valence-electron chi connectivity index (χ3n) is 3.58. The van der Waals surface area contributed by atoms with Crippen molar-refractivity contribution in [1.82, 2.24) is 4.90 Å². The summed E-state index contributed by atoms with van der Waals surface area (Å²) in [5.41, 5.74) is 0.912. The molecule has 0 radical (unpaired) electrons. The van der Waals surface area contributed by atoms with Crippen LogP contribution in [0.1, 0.15) is 12.0 Å². The van der Waals surface area contributed by atoms with Crippen molar-refractivity contribution in [2.75, 3.05) is 27.3 Å². The van der Waals surface area contributed by atoms with Crippen molar-refractivity contribution in [3.8, 4) is 11.5 Å². The molecular formula is C14H18ClNO4. The lowest BCUT2D eigenvalue weighted by Gasteiger charge is -2.18. The number of methoxy groups -OCH3 is 2. The smallest absolute Gasteiger partial charge is 0.307 e. The van der Waals surface area contributed by atoms with Crippen LogP contribution in [0.4, 0.5) is 0 Å². The number of benzene rings is 1. The second-order valence-electron chi connectivity index (χ2n) is 4.83. The first-order chi connectivity index (χ1) is 9.56. The topological polar surface area (TPSA) is 59.0 Å². The highest BCUT2D eigenvalue weighted by Gasteiger charge is 2.28. The Kier molecular flexibility index (Phi) is 4.73. The Bertz CT molecular complexity index is 506. The number of likely N-dealkylation sites (tertiary alicyclic amines) is 1. The number of halogens is 1. The molecule has 1 aromatic rings. The summed E-state index contributed by atoms with van der Waals surface area (Å²) in [5, 5.41) is 9.53. The molecule has 1 N–H and O–H groups in total. The van der Waals surface area contributed by atoms with Gasteiger partial charge in [0.2, 0.25) is 0 Å². The van der Waals surface area contributed by atoms with Crippen molar-refractivity contribution >= 4 is 17.6 Å². The summed E-state index contributed by atoms with van der Waals surface area (Å²) < 4.78 is 10.5. The lowest BCUT2D eigenvalue weighted by Crippen LogP contribution is -2.23. The van der Waals surface area contributed by atoms with Gasteiger partial charge in [-0.05, 0) is 24.6 Å². The Hall–Kier alpha value is -1.46. The summed E-state index contributed by atoms with van der Waals surface area (Å²) in [4.78, 5) is 13.1. The average Bonchev–Trinajstić information content (AvgIpc) is 2.89. The zero-order valence-electron chi connectivity index (χ0n) is 11.6.